The van der Waals surface area contributed by atoms with Gasteiger partial charge < -0.3 is 19.7 Å². The summed E-state index contributed by atoms with van der Waals surface area (Å²) in [4.78, 5) is 26.0. The highest BCUT2D eigenvalue weighted by atomic mass is 19.1. The Morgan fingerprint density at radius 1 is 1.07 bits per heavy atom. The number of carbonyl (C=O) groups excluding carboxylic acids is 2. The average Bonchev–Trinajstić information content (AvgIpc) is 3.51. The minimum atomic E-state index is -2.02. The van der Waals surface area contributed by atoms with Crippen LogP contribution in [0, 0.1) is 28.6 Å². The van der Waals surface area contributed by atoms with E-state index in [1.54, 1.807) is 13.0 Å². The summed E-state index contributed by atoms with van der Waals surface area (Å²) in [6.07, 6.45) is 4.77. The molecule has 2 aromatic rings. The smallest absolute Gasteiger partial charge is 0.193 e. The summed E-state index contributed by atoms with van der Waals surface area (Å²) in [5.41, 5.74) is -0.453. The molecule has 3 saturated carbocycles. The summed E-state index contributed by atoms with van der Waals surface area (Å²) in [5.74, 6) is -0.983. The number of hydrogen-bond donors (Lipinski definition) is 2. The minimum Gasteiger partial charge on any atom is -0.390 e. The van der Waals surface area contributed by atoms with Gasteiger partial charge in [-0.2, -0.15) is 0 Å². The van der Waals surface area contributed by atoms with Crippen molar-refractivity contribution in [2.24, 2.45) is 28.6 Å². The van der Waals surface area contributed by atoms with Crippen LogP contribution in [0.15, 0.2) is 72.3 Å². The molecule has 0 aromatic heterocycles. The highest BCUT2D eigenvalue weighted by Gasteiger charge is 2.79. The molecule has 2 aromatic carbocycles. The number of halogens is 1. The van der Waals surface area contributed by atoms with Gasteiger partial charge in [0.2, 0.25) is 0 Å². The molecule has 0 spiro atoms. The third kappa shape index (κ3) is 4.42. The van der Waals surface area contributed by atoms with Crippen LogP contribution >= 0.6 is 0 Å². The second-order valence-corrected chi connectivity index (χ2v) is 15.2. The molecule has 1 saturated heterocycles. The Kier molecular flexibility index (Phi) is 7.59. The monoisotopic (exact) mass is 628 g/mol. The van der Waals surface area contributed by atoms with Gasteiger partial charge in [0.1, 0.15) is 6.61 Å². The Labute approximate surface area is 270 Å². The fraction of sp³-hybridized carbons (Fsp3) is 0.538. The van der Waals surface area contributed by atoms with Gasteiger partial charge in [0.25, 0.3) is 0 Å². The first kappa shape index (κ1) is 31.6. The van der Waals surface area contributed by atoms with Gasteiger partial charge >= 0.3 is 0 Å². The fourth-order valence-electron chi connectivity index (χ4n) is 10.1. The third-order valence-corrected chi connectivity index (χ3v) is 12.2. The highest BCUT2D eigenvalue weighted by Crippen LogP contribution is 2.72. The van der Waals surface area contributed by atoms with Gasteiger partial charge in [0, 0.05) is 22.3 Å². The lowest BCUT2D eigenvalue weighted by atomic mass is 9.44. The highest BCUT2D eigenvalue weighted by molar-refractivity contribution is 6.01. The van der Waals surface area contributed by atoms with Gasteiger partial charge in [-0.05, 0) is 86.1 Å². The number of benzene rings is 2. The zero-order chi connectivity index (χ0) is 32.6. The summed E-state index contributed by atoms with van der Waals surface area (Å²) in [6.45, 7) is 7.39. The van der Waals surface area contributed by atoms with Crippen molar-refractivity contribution in [2.75, 3.05) is 6.61 Å². The van der Waals surface area contributed by atoms with Crippen molar-refractivity contribution in [3.8, 4) is 0 Å². The molecule has 1 aliphatic heterocycles. The first-order chi connectivity index (χ1) is 21.9. The van der Waals surface area contributed by atoms with E-state index in [0.717, 1.165) is 24.0 Å². The Morgan fingerprint density at radius 2 is 1.80 bits per heavy atom. The summed E-state index contributed by atoms with van der Waals surface area (Å²) < 4.78 is 30.8. The molecule has 0 radical (unpaired) electrons. The van der Waals surface area contributed by atoms with Crippen LogP contribution in [-0.2, 0) is 31.9 Å². The van der Waals surface area contributed by atoms with Crippen molar-refractivity contribution in [2.45, 2.75) is 96.0 Å². The summed E-state index contributed by atoms with van der Waals surface area (Å²) in [5, 5.41) is 22.0. The lowest BCUT2D eigenvalue weighted by molar-refractivity contribution is -0.231. The number of rotatable bonds is 7. The molecule has 1 heterocycles. The maximum Gasteiger partial charge on any atom is 0.193 e. The van der Waals surface area contributed by atoms with E-state index >= 15 is 4.39 Å². The minimum absolute atomic E-state index is 0.0253. The summed E-state index contributed by atoms with van der Waals surface area (Å²) >= 11 is 0. The topological polar surface area (TPSA) is 93.1 Å². The van der Waals surface area contributed by atoms with E-state index in [0.29, 0.717) is 30.8 Å². The van der Waals surface area contributed by atoms with Crippen molar-refractivity contribution < 1.29 is 33.7 Å². The van der Waals surface area contributed by atoms with Crippen molar-refractivity contribution in [3.05, 3.63) is 94.6 Å². The molecule has 7 rings (SSSR count). The SMILES string of the molecule is CC(C)Cc1cccc(Cc2ccc(C3O[C@@H]4C[C@H]5[C@@H]6CCC7=CC(=O)C=C[C@]7(C)[C@@]6(F)[C@@H](O)C[C@]5(C)[C@]4(C(=O)CO)O3)cc2)c1. The maximum atomic E-state index is 17.6. The lowest BCUT2D eigenvalue weighted by Crippen LogP contribution is -2.69. The average molecular weight is 629 g/mol. The van der Waals surface area contributed by atoms with Crippen molar-refractivity contribution in [1.29, 1.82) is 0 Å². The van der Waals surface area contributed by atoms with Gasteiger partial charge in [0.05, 0.1) is 12.2 Å². The quantitative estimate of drug-likeness (QED) is 0.381. The first-order valence-electron chi connectivity index (χ1n) is 16.8. The van der Waals surface area contributed by atoms with Crippen molar-refractivity contribution >= 4 is 11.6 Å². The molecule has 0 bridgehead atoms. The Morgan fingerprint density at radius 3 is 2.52 bits per heavy atom. The Bertz CT molecular complexity index is 1610. The molecule has 244 valence electrons. The van der Waals surface area contributed by atoms with Gasteiger partial charge in [-0.1, -0.05) is 81.0 Å². The number of aliphatic hydroxyl groups excluding tert-OH is 2. The molecule has 5 aliphatic rings. The number of ether oxygens (including phenoxy) is 2. The van der Waals surface area contributed by atoms with Crippen LogP contribution in [0.1, 0.15) is 81.9 Å². The number of aliphatic hydroxyl groups is 2. The predicted octanol–water partition coefficient (Wildman–Crippen LogP) is 6.17. The van der Waals surface area contributed by atoms with Crippen LogP contribution in [0.3, 0.4) is 0 Å². The zero-order valence-corrected chi connectivity index (χ0v) is 27.2. The molecule has 46 heavy (non-hydrogen) atoms. The van der Waals surface area contributed by atoms with E-state index in [1.807, 2.05) is 19.1 Å². The number of Topliss-reactive ketones (excluding diaryl/α,β-unsaturated/α-hetero) is 1. The normalized spacial score (nSPS) is 39.4. The molecule has 0 amide bonds. The van der Waals surface area contributed by atoms with Gasteiger partial charge in [-0.25, -0.2) is 4.39 Å². The van der Waals surface area contributed by atoms with E-state index < -0.39 is 58.9 Å². The second-order valence-electron chi connectivity index (χ2n) is 15.2. The van der Waals surface area contributed by atoms with Crippen molar-refractivity contribution in [3.63, 3.8) is 0 Å². The van der Waals surface area contributed by atoms with Crippen LogP contribution in [0.25, 0.3) is 0 Å². The lowest BCUT2D eigenvalue weighted by Gasteiger charge is -2.62. The Hall–Kier alpha value is -2.97. The molecule has 1 unspecified atom stereocenters. The van der Waals surface area contributed by atoms with Gasteiger partial charge in [-0.15, -0.1) is 0 Å². The maximum absolute atomic E-state index is 17.6. The number of allylic oxidation sites excluding steroid dienone is 4. The molecular weight excluding hydrogens is 583 g/mol. The van der Waals surface area contributed by atoms with Gasteiger partial charge in [0.15, 0.2) is 29.1 Å². The van der Waals surface area contributed by atoms with E-state index in [-0.39, 0.29) is 18.1 Å². The molecule has 6 nitrogen and oxygen atoms in total. The van der Waals surface area contributed by atoms with Crippen LogP contribution in [0.4, 0.5) is 4.39 Å². The molecule has 9 atom stereocenters. The van der Waals surface area contributed by atoms with E-state index in [4.69, 9.17) is 9.47 Å². The van der Waals surface area contributed by atoms with Crippen LogP contribution in [0.2, 0.25) is 0 Å². The number of fused-ring (bicyclic) bond motifs is 7. The van der Waals surface area contributed by atoms with Crippen LogP contribution in [0.5, 0.6) is 0 Å². The number of carbonyl (C=O) groups is 2. The number of alkyl halides is 1. The molecule has 2 N–H and O–H groups in total. The van der Waals surface area contributed by atoms with Gasteiger partial charge in [-0.3, -0.25) is 9.59 Å². The van der Waals surface area contributed by atoms with Crippen molar-refractivity contribution in [1.82, 2.24) is 0 Å². The van der Waals surface area contributed by atoms with Crippen LogP contribution in [-0.4, -0.2) is 51.9 Å². The zero-order valence-electron chi connectivity index (χ0n) is 27.2. The standard InChI is InChI=1S/C39H45FO6/c1-23(2)16-25-6-5-7-26(18-25)17-24-8-10-27(11-9-24)35-45-34-20-31-30-13-12-28-19-29(42)14-15-36(28,3)38(30,40)32(43)21-37(31,4)39(34,46-35)33(44)22-41/h5-11,14-15,18-19,23,30-32,34-35,41,43H,12-13,16-17,20-22H2,1-4H3/t30-,31-,32-,34+,35?,36-,37-,38-,39+/m0/s1. The van der Waals surface area contributed by atoms with Crippen LogP contribution < -0.4 is 0 Å². The third-order valence-electron chi connectivity index (χ3n) is 12.2. The molecule has 7 heteroatoms. The molecule has 4 aliphatic carbocycles. The predicted molar refractivity (Wildman–Crippen MR) is 171 cm³/mol. The number of ketones is 2. The largest absolute Gasteiger partial charge is 0.390 e. The van der Waals surface area contributed by atoms with E-state index in [1.165, 1.54) is 23.3 Å². The van der Waals surface area contributed by atoms with E-state index in [9.17, 15) is 19.8 Å². The summed E-state index contributed by atoms with van der Waals surface area (Å²) in [6, 6.07) is 16.7. The number of hydrogen-bond acceptors (Lipinski definition) is 6. The first-order valence-corrected chi connectivity index (χ1v) is 16.8. The summed E-state index contributed by atoms with van der Waals surface area (Å²) in [7, 11) is 0. The second kappa shape index (κ2) is 11.0. The Balaban J connectivity index is 1.16. The van der Waals surface area contributed by atoms with E-state index in [2.05, 4.69) is 50.2 Å². The molecular formula is C39H45FO6. The molecule has 4 fully saturated rings. The fourth-order valence-corrected chi connectivity index (χ4v) is 10.1.